The van der Waals surface area contributed by atoms with E-state index >= 15 is 0 Å². The van der Waals surface area contributed by atoms with Gasteiger partial charge in [-0.3, -0.25) is 9.59 Å². The molecular formula is C32H37I2NO12. The van der Waals surface area contributed by atoms with Gasteiger partial charge in [-0.25, -0.2) is 14.4 Å². The lowest BCUT2D eigenvalue weighted by molar-refractivity contribution is -0.186. The number of hydrogen-bond donors (Lipinski definition) is 4. The monoisotopic (exact) mass is 881 g/mol. The summed E-state index contributed by atoms with van der Waals surface area (Å²) in [6.45, 7) is 13.5. The Morgan fingerprint density at radius 3 is 1.91 bits per heavy atom. The molecule has 3 rings (SSSR count). The highest BCUT2D eigenvalue weighted by Crippen LogP contribution is 2.33. The van der Waals surface area contributed by atoms with Crippen LogP contribution in [0.3, 0.4) is 0 Å². The Labute approximate surface area is 298 Å². The highest BCUT2D eigenvalue weighted by Gasteiger charge is 2.53. The number of furan rings is 1. The van der Waals surface area contributed by atoms with Crippen LogP contribution >= 0.6 is 45.2 Å². The number of halogens is 2. The molecule has 256 valence electrons. The summed E-state index contributed by atoms with van der Waals surface area (Å²) in [4.78, 5) is 58.4. The molecule has 4 N–H and O–H groups in total. The smallest absolute Gasteiger partial charge is 0.359 e. The minimum atomic E-state index is -3.75. The predicted octanol–water partition coefficient (Wildman–Crippen LogP) is 4.70. The van der Waals surface area contributed by atoms with Crippen LogP contribution in [0.15, 0.2) is 40.8 Å². The molecule has 0 aliphatic heterocycles. The Hall–Kier alpha value is -3.29. The first-order chi connectivity index (χ1) is 22.0. The molecule has 0 aliphatic carbocycles. The van der Waals surface area contributed by atoms with Crippen LogP contribution in [0.5, 0.6) is 5.75 Å². The van der Waals surface area contributed by atoms with Crippen LogP contribution in [0.4, 0.5) is 0 Å². The number of likely N-dealkylation sites (N-methyl/N-ethyl adjacent to an activating group) is 1. The van der Waals surface area contributed by atoms with E-state index in [0.29, 0.717) is 34.5 Å². The molecule has 1 heterocycles. The van der Waals surface area contributed by atoms with Crippen molar-refractivity contribution in [2.45, 2.75) is 52.7 Å². The van der Waals surface area contributed by atoms with Gasteiger partial charge in [0.05, 0.1) is 12.7 Å². The molecule has 0 aliphatic rings. The Morgan fingerprint density at radius 2 is 1.45 bits per heavy atom. The van der Waals surface area contributed by atoms with Crippen LogP contribution in [0.25, 0.3) is 11.0 Å². The summed E-state index contributed by atoms with van der Waals surface area (Å²) in [5.74, 6) is -6.30. The molecule has 1 atom stereocenters. The van der Waals surface area contributed by atoms with E-state index in [1.807, 2.05) is 51.1 Å². The third-order valence-corrected chi connectivity index (χ3v) is 8.80. The largest absolute Gasteiger partial charge is 0.490 e. The third-order valence-electron chi connectivity index (χ3n) is 7.19. The minimum absolute atomic E-state index is 0.104. The number of rotatable bonds is 15. The van der Waals surface area contributed by atoms with Gasteiger partial charge in [-0.2, -0.15) is 0 Å². The van der Waals surface area contributed by atoms with Crippen molar-refractivity contribution in [1.29, 1.82) is 0 Å². The van der Waals surface area contributed by atoms with Crippen LogP contribution in [0.1, 0.15) is 56.3 Å². The molecule has 2 aromatic carbocycles. The highest BCUT2D eigenvalue weighted by molar-refractivity contribution is 14.1. The number of carboxylic acid groups (broad SMARTS) is 3. The molecule has 1 unspecified atom stereocenters. The zero-order valence-electron chi connectivity index (χ0n) is 26.4. The first kappa shape index (κ1) is 39.9. The molecule has 15 heteroatoms. The summed E-state index contributed by atoms with van der Waals surface area (Å²) in [7, 11) is 0. The number of aliphatic carboxylic acids is 3. The van der Waals surface area contributed by atoms with Gasteiger partial charge in [-0.05, 0) is 89.3 Å². The van der Waals surface area contributed by atoms with Crippen molar-refractivity contribution >= 4 is 85.8 Å². The zero-order chi connectivity index (χ0) is 35.6. The number of carbonyl (C=O) groups excluding carboxylic acids is 2. The van der Waals surface area contributed by atoms with Crippen molar-refractivity contribution in [3.05, 3.63) is 60.4 Å². The fraction of sp³-hybridized carbons (Fsp3) is 0.406. The zero-order valence-corrected chi connectivity index (χ0v) is 30.7. The van der Waals surface area contributed by atoms with Crippen molar-refractivity contribution < 1.29 is 58.3 Å². The van der Waals surface area contributed by atoms with E-state index < -0.39 is 29.5 Å². The number of hydrogen-bond acceptors (Lipinski definition) is 10. The Balaban J connectivity index is 0.000000597. The van der Waals surface area contributed by atoms with E-state index in [1.165, 1.54) is 0 Å². The molecule has 47 heavy (non-hydrogen) atoms. The number of ketones is 1. The van der Waals surface area contributed by atoms with Gasteiger partial charge < -0.3 is 39.2 Å². The van der Waals surface area contributed by atoms with E-state index in [-0.39, 0.29) is 24.2 Å². The minimum Gasteiger partial charge on any atom is -0.490 e. The topological polar surface area (TPSA) is 201 Å². The number of esters is 1. The summed E-state index contributed by atoms with van der Waals surface area (Å²) in [6, 6.07) is 11.0. The van der Waals surface area contributed by atoms with Crippen LogP contribution in [0.2, 0.25) is 0 Å². The van der Waals surface area contributed by atoms with Gasteiger partial charge in [0.1, 0.15) is 36.2 Å². The fourth-order valence-electron chi connectivity index (χ4n) is 4.05. The summed E-state index contributed by atoms with van der Waals surface area (Å²) in [5.41, 5.74) is -2.25. The molecule has 13 nitrogen and oxygen atoms in total. The molecule has 0 radical (unpaired) electrons. The molecule has 0 fully saturated rings. The normalized spacial score (nSPS) is 12.0. The number of aliphatic hydroxyl groups is 1. The van der Waals surface area contributed by atoms with Crippen molar-refractivity contribution in [2.75, 3.05) is 26.2 Å². The Bertz CT molecular complexity index is 1550. The second-order valence-corrected chi connectivity index (χ2v) is 12.9. The van der Waals surface area contributed by atoms with E-state index in [4.69, 9.17) is 34.3 Å². The van der Waals surface area contributed by atoms with Gasteiger partial charge in [0.2, 0.25) is 0 Å². The summed E-state index contributed by atoms with van der Waals surface area (Å²) >= 11 is 4.42. The number of ether oxygens (including phenoxy) is 2. The standard InChI is InChI=1S/C28H33I2NO5.C4H4O7/c1-6-31(7-2)12-13-34-28-21(29)14-19(15-22(28)30)27(33)26-20-10-8-9-11-23(20)36-24(26)16-25(32)35-18(5)17(3)4;5-1(6)4(11,2(7)8)3(9)10/h8-11,14-15,17-18H,6-7,12-13,16H2,1-5H3;11H,(H,5,6)(H,7,8)(H,9,10). The lowest BCUT2D eigenvalue weighted by atomic mass is 9.99. The molecule has 0 spiro atoms. The lowest BCUT2D eigenvalue weighted by Gasteiger charge is -2.19. The molecule has 0 saturated carbocycles. The first-order valence-corrected chi connectivity index (χ1v) is 16.7. The number of carbonyl (C=O) groups is 5. The number of para-hydroxylation sites is 1. The van der Waals surface area contributed by atoms with Gasteiger partial charge in [0.15, 0.2) is 5.78 Å². The van der Waals surface area contributed by atoms with Gasteiger partial charge in [0.25, 0.3) is 0 Å². The predicted molar refractivity (Wildman–Crippen MR) is 187 cm³/mol. The lowest BCUT2D eigenvalue weighted by Crippen LogP contribution is -2.53. The third kappa shape index (κ3) is 10.1. The van der Waals surface area contributed by atoms with Crippen LogP contribution < -0.4 is 4.74 Å². The number of carboxylic acids is 3. The summed E-state index contributed by atoms with van der Waals surface area (Å²) < 4.78 is 19.3. The Morgan fingerprint density at radius 1 is 0.915 bits per heavy atom. The highest BCUT2D eigenvalue weighted by atomic mass is 127. The second kappa shape index (κ2) is 17.7. The van der Waals surface area contributed by atoms with E-state index in [9.17, 15) is 24.0 Å². The van der Waals surface area contributed by atoms with Crippen LogP contribution in [0, 0.1) is 13.1 Å². The Kier molecular flexibility index (Phi) is 15.1. The average Bonchev–Trinajstić information content (AvgIpc) is 3.36. The van der Waals surface area contributed by atoms with Gasteiger partial charge in [-0.1, -0.05) is 45.9 Å². The molecule has 0 amide bonds. The maximum Gasteiger partial charge on any atom is 0.359 e. The average molecular weight is 881 g/mol. The maximum absolute atomic E-state index is 13.8. The second-order valence-electron chi connectivity index (χ2n) is 10.6. The van der Waals surface area contributed by atoms with E-state index in [1.54, 1.807) is 6.07 Å². The van der Waals surface area contributed by atoms with Crippen molar-refractivity contribution in [3.63, 3.8) is 0 Å². The molecule has 0 saturated heterocycles. The van der Waals surface area contributed by atoms with Crippen molar-refractivity contribution in [3.8, 4) is 5.75 Å². The fourth-order valence-corrected chi connectivity index (χ4v) is 6.13. The quantitative estimate of drug-likeness (QED) is 0.0710. The van der Waals surface area contributed by atoms with Crippen molar-refractivity contribution in [2.24, 2.45) is 5.92 Å². The van der Waals surface area contributed by atoms with Crippen LogP contribution in [-0.4, -0.2) is 92.9 Å². The molecular weight excluding hydrogens is 844 g/mol. The maximum atomic E-state index is 13.8. The van der Waals surface area contributed by atoms with Crippen molar-refractivity contribution in [1.82, 2.24) is 4.90 Å². The molecule has 1 aromatic heterocycles. The number of benzene rings is 2. The summed E-state index contributed by atoms with van der Waals surface area (Å²) in [6.07, 6.45) is -0.327. The summed E-state index contributed by atoms with van der Waals surface area (Å²) in [5, 5.41) is 33.0. The van der Waals surface area contributed by atoms with Crippen LogP contribution in [-0.2, 0) is 30.3 Å². The SMILES string of the molecule is CCN(CC)CCOc1c(I)cc(C(=O)c2c(CC(=O)OC(C)C(C)C)oc3ccccc23)cc1I.O=C(O)C(O)(C(=O)O)C(=O)O. The van der Waals surface area contributed by atoms with E-state index in [0.717, 1.165) is 32.5 Å². The number of fused-ring (bicyclic) bond motifs is 1. The molecule has 3 aromatic rings. The molecule has 0 bridgehead atoms. The van der Waals surface area contributed by atoms with Gasteiger partial charge >= 0.3 is 29.5 Å². The van der Waals surface area contributed by atoms with Gasteiger partial charge in [0, 0.05) is 17.5 Å². The first-order valence-electron chi connectivity index (χ1n) is 14.5. The van der Waals surface area contributed by atoms with E-state index in [2.05, 4.69) is 63.9 Å². The number of nitrogens with zero attached hydrogens (tertiary/aromatic N) is 1. The van der Waals surface area contributed by atoms with Gasteiger partial charge in [-0.15, -0.1) is 0 Å².